The molecule has 0 aromatic heterocycles. The number of hydrogen-bond acceptors (Lipinski definition) is 5. The summed E-state index contributed by atoms with van der Waals surface area (Å²) in [5.41, 5.74) is 8.66. The molecule has 3 aliphatic rings. The van der Waals surface area contributed by atoms with Crippen LogP contribution in [0.2, 0.25) is 0 Å². The molecule has 7 nitrogen and oxygen atoms in total. The van der Waals surface area contributed by atoms with Crippen molar-refractivity contribution in [3.63, 3.8) is 0 Å². The lowest BCUT2D eigenvalue weighted by Crippen LogP contribution is -2.52. The number of carbonyl (C=O) groups excluding carboxylic acids is 3. The standard InChI is InChI=1S/C20H26N4O3/c1-12-8-23(10-15(12)7-21)9-13-2-3-16-14(6-13)11-24(20(16)27)17-4-5-18(25)22-19(17)26/h2-3,6,12,15,17H,4-5,7-11,21H2,1H3,(H,22,25,26)/t12-,15-,17?/m1/s1. The molecule has 0 aliphatic carbocycles. The number of rotatable bonds is 4. The van der Waals surface area contributed by atoms with E-state index in [2.05, 4.69) is 23.2 Å². The molecule has 3 amide bonds. The SMILES string of the molecule is C[C@@H]1CN(Cc2ccc3c(c2)CN(C2CCC(=O)NC2=O)C3=O)C[C@H]1CN. The van der Waals surface area contributed by atoms with Crippen molar-refractivity contribution in [3.05, 3.63) is 34.9 Å². The van der Waals surface area contributed by atoms with Gasteiger partial charge in [0.1, 0.15) is 6.04 Å². The van der Waals surface area contributed by atoms with Crippen LogP contribution in [0.15, 0.2) is 18.2 Å². The van der Waals surface area contributed by atoms with E-state index in [1.54, 1.807) is 4.90 Å². The zero-order valence-electron chi connectivity index (χ0n) is 15.6. The van der Waals surface area contributed by atoms with E-state index in [4.69, 9.17) is 5.73 Å². The van der Waals surface area contributed by atoms with Gasteiger partial charge in [-0.25, -0.2) is 0 Å². The number of likely N-dealkylation sites (tertiary alicyclic amines) is 1. The van der Waals surface area contributed by atoms with Crippen LogP contribution in [-0.2, 0) is 22.7 Å². The monoisotopic (exact) mass is 370 g/mol. The Bertz CT molecular complexity index is 793. The number of nitrogens with zero attached hydrogens (tertiary/aromatic N) is 2. The maximum Gasteiger partial charge on any atom is 0.255 e. The molecule has 1 aromatic carbocycles. The van der Waals surface area contributed by atoms with E-state index in [1.807, 2.05) is 12.1 Å². The average Bonchev–Trinajstić information content (AvgIpc) is 3.14. The Kier molecular flexibility index (Phi) is 4.74. The van der Waals surface area contributed by atoms with Gasteiger partial charge in [0.25, 0.3) is 5.91 Å². The van der Waals surface area contributed by atoms with E-state index in [0.29, 0.717) is 30.4 Å². The van der Waals surface area contributed by atoms with Crippen LogP contribution in [0.5, 0.6) is 0 Å². The Morgan fingerprint density at radius 3 is 2.74 bits per heavy atom. The van der Waals surface area contributed by atoms with E-state index >= 15 is 0 Å². The summed E-state index contributed by atoms with van der Waals surface area (Å²) < 4.78 is 0. The summed E-state index contributed by atoms with van der Waals surface area (Å²) in [7, 11) is 0. The summed E-state index contributed by atoms with van der Waals surface area (Å²) in [6.07, 6.45) is 0.667. The summed E-state index contributed by atoms with van der Waals surface area (Å²) in [6.45, 7) is 6.29. The number of carbonyl (C=O) groups is 3. The average molecular weight is 370 g/mol. The summed E-state index contributed by atoms with van der Waals surface area (Å²) in [5, 5.41) is 2.34. The first-order valence-electron chi connectivity index (χ1n) is 9.65. The van der Waals surface area contributed by atoms with Crippen LogP contribution in [0.3, 0.4) is 0 Å². The molecule has 3 atom stereocenters. The second kappa shape index (κ2) is 7.05. The minimum absolute atomic E-state index is 0.121. The molecule has 27 heavy (non-hydrogen) atoms. The smallest absolute Gasteiger partial charge is 0.255 e. The zero-order chi connectivity index (χ0) is 19.1. The lowest BCUT2D eigenvalue weighted by Gasteiger charge is -2.29. The molecule has 144 valence electrons. The molecule has 0 radical (unpaired) electrons. The van der Waals surface area contributed by atoms with Crippen LogP contribution in [0.1, 0.15) is 41.3 Å². The Labute approximate surface area is 158 Å². The highest BCUT2D eigenvalue weighted by molar-refractivity contribution is 6.05. The van der Waals surface area contributed by atoms with Gasteiger partial charge in [-0.2, -0.15) is 0 Å². The van der Waals surface area contributed by atoms with Crippen LogP contribution in [0.4, 0.5) is 0 Å². The van der Waals surface area contributed by atoms with Gasteiger partial charge in [-0.3, -0.25) is 24.6 Å². The zero-order valence-corrected chi connectivity index (χ0v) is 15.6. The molecule has 2 fully saturated rings. The fourth-order valence-electron chi connectivity index (χ4n) is 4.56. The Hall–Kier alpha value is -2.25. The van der Waals surface area contributed by atoms with Crippen LogP contribution in [-0.4, -0.2) is 53.2 Å². The Balaban J connectivity index is 1.46. The van der Waals surface area contributed by atoms with Gasteiger partial charge >= 0.3 is 0 Å². The molecule has 1 unspecified atom stereocenters. The van der Waals surface area contributed by atoms with Crippen molar-refractivity contribution in [1.82, 2.24) is 15.1 Å². The Morgan fingerprint density at radius 2 is 2.04 bits per heavy atom. The van der Waals surface area contributed by atoms with E-state index in [0.717, 1.165) is 31.7 Å². The third-order valence-corrected chi connectivity index (χ3v) is 6.14. The van der Waals surface area contributed by atoms with Crippen molar-refractivity contribution in [3.8, 4) is 0 Å². The minimum Gasteiger partial charge on any atom is -0.330 e. The maximum atomic E-state index is 12.7. The normalized spacial score (nSPS) is 28.6. The first-order chi connectivity index (χ1) is 13.0. The van der Waals surface area contributed by atoms with Gasteiger partial charge in [-0.15, -0.1) is 0 Å². The maximum absolute atomic E-state index is 12.7. The molecule has 7 heteroatoms. The molecule has 1 aromatic rings. The number of benzene rings is 1. The van der Waals surface area contributed by atoms with Crippen LogP contribution in [0, 0.1) is 11.8 Å². The Morgan fingerprint density at radius 1 is 1.22 bits per heavy atom. The second-order valence-electron chi connectivity index (χ2n) is 8.06. The van der Waals surface area contributed by atoms with Gasteiger partial charge in [0.05, 0.1) is 0 Å². The number of imide groups is 1. The van der Waals surface area contributed by atoms with Crippen LogP contribution >= 0.6 is 0 Å². The fraction of sp³-hybridized carbons (Fsp3) is 0.550. The number of nitrogens with one attached hydrogen (secondary N) is 1. The van der Waals surface area contributed by atoms with Crippen LogP contribution in [0.25, 0.3) is 0 Å². The highest BCUT2D eigenvalue weighted by Crippen LogP contribution is 2.29. The number of amides is 3. The number of nitrogens with two attached hydrogens (primary N) is 1. The predicted molar refractivity (Wildman–Crippen MR) is 99.5 cm³/mol. The molecular formula is C20H26N4O3. The fourth-order valence-corrected chi connectivity index (χ4v) is 4.56. The molecule has 0 bridgehead atoms. The molecule has 3 aliphatic heterocycles. The third-order valence-electron chi connectivity index (χ3n) is 6.14. The van der Waals surface area contributed by atoms with Crippen LogP contribution < -0.4 is 11.1 Å². The van der Waals surface area contributed by atoms with E-state index in [9.17, 15) is 14.4 Å². The first kappa shape index (κ1) is 18.1. The predicted octanol–water partition coefficient (Wildman–Crippen LogP) is 0.474. The lowest BCUT2D eigenvalue weighted by atomic mass is 9.99. The molecule has 0 spiro atoms. The van der Waals surface area contributed by atoms with E-state index in [-0.39, 0.29) is 24.1 Å². The highest BCUT2D eigenvalue weighted by Gasteiger charge is 2.39. The van der Waals surface area contributed by atoms with Crippen molar-refractivity contribution in [2.45, 2.75) is 38.9 Å². The largest absolute Gasteiger partial charge is 0.330 e. The second-order valence-corrected chi connectivity index (χ2v) is 8.06. The minimum atomic E-state index is -0.559. The molecule has 0 saturated carbocycles. The molecular weight excluding hydrogens is 344 g/mol. The number of hydrogen-bond donors (Lipinski definition) is 2. The van der Waals surface area contributed by atoms with Gasteiger partial charge < -0.3 is 10.6 Å². The van der Waals surface area contributed by atoms with E-state index < -0.39 is 6.04 Å². The summed E-state index contributed by atoms with van der Waals surface area (Å²) in [6, 6.07) is 5.40. The highest BCUT2D eigenvalue weighted by atomic mass is 16.2. The van der Waals surface area contributed by atoms with Gasteiger partial charge in [0, 0.05) is 38.2 Å². The summed E-state index contributed by atoms with van der Waals surface area (Å²) in [5.74, 6) is 0.395. The van der Waals surface area contributed by atoms with Crippen molar-refractivity contribution >= 4 is 17.7 Å². The molecule has 3 N–H and O–H groups in total. The van der Waals surface area contributed by atoms with Crippen molar-refractivity contribution in [2.24, 2.45) is 17.6 Å². The summed E-state index contributed by atoms with van der Waals surface area (Å²) in [4.78, 5) is 40.2. The van der Waals surface area contributed by atoms with Gasteiger partial charge in [-0.05, 0) is 42.0 Å². The lowest BCUT2D eigenvalue weighted by molar-refractivity contribution is -0.136. The third kappa shape index (κ3) is 3.37. The summed E-state index contributed by atoms with van der Waals surface area (Å²) >= 11 is 0. The quantitative estimate of drug-likeness (QED) is 0.752. The number of piperidine rings is 1. The molecule has 4 rings (SSSR count). The van der Waals surface area contributed by atoms with Gasteiger partial charge in [0.15, 0.2) is 0 Å². The molecule has 3 heterocycles. The topological polar surface area (TPSA) is 95.7 Å². The van der Waals surface area contributed by atoms with Gasteiger partial charge in [-0.1, -0.05) is 19.1 Å². The van der Waals surface area contributed by atoms with Gasteiger partial charge in [0.2, 0.25) is 11.8 Å². The van der Waals surface area contributed by atoms with Crippen molar-refractivity contribution < 1.29 is 14.4 Å². The first-order valence-corrected chi connectivity index (χ1v) is 9.65. The number of fused-ring (bicyclic) bond motifs is 1. The van der Waals surface area contributed by atoms with E-state index in [1.165, 1.54) is 5.56 Å². The van der Waals surface area contributed by atoms with Crippen molar-refractivity contribution in [2.75, 3.05) is 19.6 Å². The molecule has 2 saturated heterocycles. The van der Waals surface area contributed by atoms with Crippen molar-refractivity contribution in [1.29, 1.82) is 0 Å².